The van der Waals surface area contributed by atoms with Crippen LogP contribution in [0.25, 0.3) is 0 Å². The van der Waals surface area contributed by atoms with Gasteiger partial charge in [0.25, 0.3) is 0 Å². The van der Waals surface area contributed by atoms with E-state index in [-0.39, 0.29) is 6.42 Å². The van der Waals surface area contributed by atoms with Gasteiger partial charge in [-0.2, -0.15) is 0 Å². The van der Waals surface area contributed by atoms with E-state index in [9.17, 15) is 9.59 Å². The molecule has 0 aromatic heterocycles. The fourth-order valence-corrected chi connectivity index (χ4v) is 3.68. The molecule has 0 aliphatic heterocycles. The highest BCUT2D eigenvalue weighted by Crippen LogP contribution is 2.30. The number of carboxylic acid groups (broad SMARTS) is 1. The third kappa shape index (κ3) is 6.85. The first-order valence-electron chi connectivity index (χ1n) is 10.1. The van der Waals surface area contributed by atoms with Crippen molar-refractivity contribution in [3.8, 4) is 11.5 Å². The van der Waals surface area contributed by atoms with Crippen LogP contribution in [0.3, 0.4) is 0 Å². The van der Waals surface area contributed by atoms with Gasteiger partial charge in [-0.05, 0) is 47.9 Å². The highest BCUT2D eigenvalue weighted by molar-refractivity contribution is 9.10. The molecule has 0 unspecified atom stereocenters. The average Bonchev–Trinajstić information content (AvgIpc) is 2.78. The lowest BCUT2D eigenvalue weighted by Gasteiger charge is -2.23. The summed E-state index contributed by atoms with van der Waals surface area (Å²) in [4.78, 5) is 25.1. The van der Waals surface area contributed by atoms with E-state index in [1.165, 1.54) is 7.11 Å². The Labute approximate surface area is 195 Å². The number of amides is 1. The van der Waals surface area contributed by atoms with Crippen LogP contribution in [0, 0.1) is 0 Å². The first-order valence-corrected chi connectivity index (χ1v) is 10.9. The second kappa shape index (κ2) is 11.3. The normalized spacial score (nSPS) is 10.4. The highest BCUT2D eigenvalue weighted by atomic mass is 79.9. The summed E-state index contributed by atoms with van der Waals surface area (Å²) in [6.45, 7) is 0.778. The summed E-state index contributed by atoms with van der Waals surface area (Å²) < 4.78 is 11.9. The van der Waals surface area contributed by atoms with Crippen molar-refractivity contribution >= 4 is 28.0 Å². The minimum atomic E-state index is -0.904. The zero-order valence-corrected chi connectivity index (χ0v) is 19.2. The van der Waals surface area contributed by atoms with Gasteiger partial charge in [-0.1, -0.05) is 58.4 Å². The second-order valence-corrected chi connectivity index (χ2v) is 8.11. The Kier molecular flexibility index (Phi) is 8.27. The van der Waals surface area contributed by atoms with E-state index in [1.54, 1.807) is 29.2 Å². The topological polar surface area (TPSA) is 76.1 Å². The van der Waals surface area contributed by atoms with Gasteiger partial charge in [0.05, 0.1) is 20.1 Å². The Hall–Kier alpha value is -3.32. The lowest BCUT2D eigenvalue weighted by Crippen LogP contribution is -2.32. The molecule has 0 radical (unpaired) electrons. The first-order chi connectivity index (χ1) is 15.4. The minimum Gasteiger partial charge on any atom is -0.481 e. The maximum atomic E-state index is 12.4. The number of ether oxygens (including phenoxy) is 2. The number of benzene rings is 3. The molecule has 0 atom stereocenters. The molecule has 1 amide bonds. The van der Waals surface area contributed by atoms with E-state index < -0.39 is 12.1 Å². The molecule has 166 valence electrons. The molecule has 0 heterocycles. The van der Waals surface area contributed by atoms with Gasteiger partial charge in [0.2, 0.25) is 0 Å². The summed E-state index contributed by atoms with van der Waals surface area (Å²) in [6.07, 6.45) is 0.187. The van der Waals surface area contributed by atoms with Gasteiger partial charge >= 0.3 is 12.1 Å². The molecule has 0 aliphatic rings. The highest BCUT2D eigenvalue weighted by Gasteiger charge is 2.18. The van der Waals surface area contributed by atoms with Crippen LogP contribution in [0.4, 0.5) is 4.79 Å². The number of hydrogen-bond donors (Lipinski definition) is 1. The zero-order valence-electron chi connectivity index (χ0n) is 17.7. The first kappa shape index (κ1) is 23.3. The van der Waals surface area contributed by atoms with Crippen LogP contribution in [0.2, 0.25) is 0 Å². The molecular formula is C25H24BrNO5. The van der Waals surface area contributed by atoms with Gasteiger partial charge < -0.3 is 19.5 Å². The fourth-order valence-electron chi connectivity index (χ4n) is 3.27. The minimum absolute atomic E-state index is 0.0833. The van der Waals surface area contributed by atoms with E-state index in [2.05, 4.69) is 15.9 Å². The van der Waals surface area contributed by atoms with Gasteiger partial charge in [0.15, 0.2) is 0 Å². The van der Waals surface area contributed by atoms with E-state index in [0.29, 0.717) is 36.6 Å². The number of nitrogens with zero attached hydrogens (tertiary/aromatic N) is 1. The van der Waals surface area contributed by atoms with Crippen molar-refractivity contribution in [1.82, 2.24) is 4.90 Å². The second-order valence-electron chi connectivity index (χ2n) is 7.20. The number of aliphatic carboxylic acids is 1. The molecule has 0 spiro atoms. The van der Waals surface area contributed by atoms with Gasteiger partial charge in [-0.15, -0.1) is 0 Å². The summed E-state index contributed by atoms with van der Waals surface area (Å²) in [5.41, 5.74) is 2.57. The third-order valence-corrected chi connectivity index (χ3v) is 5.30. The average molecular weight is 498 g/mol. The van der Waals surface area contributed by atoms with Crippen molar-refractivity contribution in [1.29, 1.82) is 0 Å². The molecular weight excluding hydrogens is 474 g/mol. The Bertz CT molecular complexity index is 1070. The molecule has 32 heavy (non-hydrogen) atoms. The number of rotatable bonds is 9. The molecule has 3 aromatic carbocycles. The van der Waals surface area contributed by atoms with Crippen molar-refractivity contribution in [2.75, 3.05) is 13.7 Å². The quantitative estimate of drug-likeness (QED) is 0.411. The Morgan fingerprint density at radius 2 is 1.72 bits per heavy atom. The number of hydrogen-bond acceptors (Lipinski definition) is 4. The summed E-state index contributed by atoms with van der Waals surface area (Å²) >= 11 is 3.48. The molecule has 0 saturated carbocycles. The fraction of sp³-hybridized carbons (Fsp3) is 0.200. The third-order valence-electron chi connectivity index (χ3n) is 4.81. The molecule has 7 heteroatoms. The van der Waals surface area contributed by atoms with Gasteiger partial charge in [0.1, 0.15) is 11.5 Å². The molecule has 0 saturated heterocycles. The van der Waals surface area contributed by atoms with Crippen LogP contribution < -0.4 is 4.74 Å². The standard InChI is InChI=1S/C25H24BrNO5/c1-31-25(30)27(13-12-18-6-3-2-4-7-18)17-20-16-21(26)10-11-23(20)32-22-9-5-8-19(14-22)15-24(28)29/h2-11,14,16H,12-13,15,17H2,1H3,(H,28,29). The number of carbonyl (C=O) groups excluding carboxylic acids is 1. The number of carbonyl (C=O) groups is 2. The number of methoxy groups -OCH3 is 1. The molecule has 0 fully saturated rings. The van der Waals surface area contributed by atoms with Crippen molar-refractivity contribution in [3.05, 3.63) is 94.0 Å². The zero-order chi connectivity index (χ0) is 22.9. The Balaban J connectivity index is 1.80. The van der Waals surface area contributed by atoms with Crippen LogP contribution in [0.15, 0.2) is 77.3 Å². The van der Waals surface area contributed by atoms with Crippen LogP contribution in [-0.4, -0.2) is 35.7 Å². The van der Waals surface area contributed by atoms with Crippen LogP contribution in [-0.2, 0) is 28.9 Å². The van der Waals surface area contributed by atoms with Gasteiger partial charge in [-0.25, -0.2) is 4.79 Å². The smallest absolute Gasteiger partial charge is 0.409 e. The predicted molar refractivity (Wildman–Crippen MR) is 125 cm³/mol. The largest absolute Gasteiger partial charge is 0.481 e. The van der Waals surface area contributed by atoms with E-state index in [1.807, 2.05) is 48.5 Å². The molecule has 1 N–H and O–H groups in total. The Morgan fingerprint density at radius 1 is 0.969 bits per heavy atom. The lowest BCUT2D eigenvalue weighted by atomic mass is 10.1. The maximum absolute atomic E-state index is 12.4. The molecule has 0 aliphatic carbocycles. The van der Waals surface area contributed by atoms with Crippen molar-refractivity contribution in [2.24, 2.45) is 0 Å². The van der Waals surface area contributed by atoms with Crippen molar-refractivity contribution in [2.45, 2.75) is 19.4 Å². The summed E-state index contributed by atoms with van der Waals surface area (Å²) in [6, 6.07) is 22.5. The number of halogens is 1. The van der Waals surface area contributed by atoms with Crippen molar-refractivity contribution in [3.63, 3.8) is 0 Å². The number of carboxylic acids is 1. The molecule has 6 nitrogen and oxygen atoms in total. The van der Waals surface area contributed by atoms with Crippen LogP contribution >= 0.6 is 15.9 Å². The Morgan fingerprint density at radius 3 is 2.44 bits per heavy atom. The summed E-state index contributed by atoms with van der Waals surface area (Å²) in [5.74, 6) is 0.203. The predicted octanol–water partition coefficient (Wildman–Crippen LogP) is 5.68. The van der Waals surface area contributed by atoms with Crippen molar-refractivity contribution < 1.29 is 24.2 Å². The van der Waals surface area contributed by atoms with E-state index in [4.69, 9.17) is 14.6 Å². The lowest BCUT2D eigenvalue weighted by molar-refractivity contribution is -0.136. The molecule has 0 bridgehead atoms. The van der Waals surface area contributed by atoms with E-state index >= 15 is 0 Å². The molecule has 3 aromatic rings. The molecule has 3 rings (SSSR count). The van der Waals surface area contributed by atoms with Crippen LogP contribution in [0.1, 0.15) is 16.7 Å². The summed E-state index contributed by atoms with van der Waals surface area (Å²) in [7, 11) is 1.37. The van der Waals surface area contributed by atoms with Crippen LogP contribution in [0.5, 0.6) is 11.5 Å². The van der Waals surface area contributed by atoms with Gasteiger partial charge in [-0.3, -0.25) is 4.79 Å². The van der Waals surface area contributed by atoms with E-state index in [0.717, 1.165) is 15.6 Å². The monoisotopic (exact) mass is 497 g/mol. The summed E-state index contributed by atoms with van der Waals surface area (Å²) in [5, 5.41) is 9.03. The maximum Gasteiger partial charge on any atom is 0.409 e. The van der Waals surface area contributed by atoms with Gasteiger partial charge in [0, 0.05) is 16.6 Å². The SMILES string of the molecule is COC(=O)N(CCc1ccccc1)Cc1cc(Br)ccc1Oc1cccc(CC(=O)O)c1.